The number of amides is 3. The molecule has 0 heterocycles. The lowest BCUT2D eigenvalue weighted by molar-refractivity contribution is -0.143. The van der Waals surface area contributed by atoms with Crippen LogP contribution in [0, 0.1) is 5.92 Å². The number of carboxylic acids is 2. The standard InChI is InChI=1S/C19H34N4O8S/c1-4-10(2)15(23-16(27)11(20)7-8-32-3)18(29)22-13(9-24)17(28)21-12(19(30)31)5-6-14(25)26/h10-13,15,24H,4-9,20H2,1-3H3,(H,21,28)(H,22,29)(H,23,27)(H,25,26)(H,30,31). The van der Waals surface area contributed by atoms with Gasteiger partial charge in [-0.05, 0) is 30.8 Å². The van der Waals surface area contributed by atoms with Crippen molar-refractivity contribution in [3.63, 3.8) is 0 Å². The van der Waals surface area contributed by atoms with Gasteiger partial charge in [0.15, 0.2) is 0 Å². The number of hydrogen-bond acceptors (Lipinski definition) is 8. The minimum atomic E-state index is -1.51. The molecule has 0 saturated heterocycles. The zero-order valence-electron chi connectivity index (χ0n) is 18.5. The highest BCUT2D eigenvalue weighted by Gasteiger charge is 2.32. The van der Waals surface area contributed by atoms with Crippen LogP contribution in [0.1, 0.15) is 39.5 Å². The zero-order valence-corrected chi connectivity index (χ0v) is 19.3. The Bertz CT molecular complexity index is 663. The predicted octanol–water partition coefficient (Wildman–Crippen LogP) is -1.49. The van der Waals surface area contributed by atoms with Crippen LogP contribution in [0.5, 0.6) is 0 Å². The van der Waals surface area contributed by atoms with Crippen molar-refractivity contribution in [3.8, 4) is 0 Å². The Balaban J connectivity index is 5.24. The normalized spacial score (nSPS) is 15.5. The molecule has 8 N–H and O–H groups in total. The maximum Gasteiger partial charge on any atom is 0.326 e. The Kier molecular flexibility index (Phi) is 14.3. The molecule has 184 valence electrons. The molecular formula is C19H34N4O8S. The molecule has 0 spiro atoms. The molecular weight excluding hydrogens is 444 g/mol. The van der Waals surface area contributed by atoms with Gasteiger partial charge in [0.25, 0.3) is 0 Å². The van der Waals surface area contributed by atoms with E-state index in [0.29, 0.717) is 18.6 Å². The third kappa shape index (κ3) is 10.8. The highest BCUT2D eigenvalue weighted by molar-refractivity contribution is 7.98. The van der Waals surface area contributed by atoms with Crippen molar-refractivity contribution >= 4 is 41.4 Å². The summed E-state index contributed by atoms with van der Waals surface area (Å²) in [6, 6.07) is -4.85. The molecule has 5 unspecified atom stereocenters. The van der Waals surface area contributed by atoms with Gasteiger partial charge in [-0.1, -0.05) is 20.3 Å². The van der Waals surface area contributed by atoms with Crippen molar-refractivity contribution in [3.05, 3.63) is 0 Å². The Labute approximate surface area is 191 Å². The molecule has 5 atom stereocenters. The van der Waals surface area contributed by atoms with E-state index in [9.17, 15) is 29.1 Å². The van der Waals surface area contributed by atoms with Crippen LogP contribution < -0.4 is 21.7 Å². The maximum absolute atomic E-state index is 12.8. The van der Waals surface area contributed by atoms with E-state index >= 15 is 0 Å². The van der Waals surface area contributed by atoms with Gasteiger partial charge >= 0.3 is 11.9 Å². The minimum absolute atomic E-state index is 0.323. The number of hydrogen-bond donors (Lipinski definition) is 7. The van der Waals surface area contributed by atoms with Crippen molar-refractivity contribution in [1.29, 1.82) is 0 Å². The van der Waals surface area contributed by atoms with E-state index in [2.05, 4.69) is 16.0 Å². The highest BCUT2D eigenvalue weighted by Crippen LogP contribution is 2.10. The largest absolute Gasteiger partial charge is 0.481 e. The lowest BCUT2D eigenvalue weighted by Crippen LogP contribution is -2.59. The first kappa shape index (κ1) is 29.6. The number of thioether (sulfide) groups is 1. The summed E-state index contributed by atoms with van der Waals surface area (Å²) >= 11 is 1.52. The highest BCUT2D eigenvalue weighted by atomic mass is 32.2. The lowest BCUT2D eigenvalue weighted by Gasteiger charge is -2.27. The fraction of sp³-hybridized carbons (Fsp3) is 0.737. The van der Waals surface area contributed by atoms with E-state index in [-0.39, 0.29) is 12.3 Å². The number of carbonyl (C=O) groups is 5. The minimum Gasteiger partial charge on any atom is -0.481 e. The number of aliphatic carboxylic acids is 2. The summed E-state index contributed by atoms with van der Waals surface area (Å²) in [6.07, 6.45) is 1.94. The molecule has 0 aliphatic rings. The van der Waals surface area contributed by atoms with Crippen LogP contribution in [0.4, 0.5) is 0 Å². The van der Waals surface area contributed by atoms with E-state index in [1.54, 1.807) is 13.8 Å². The maximum atomic E-state index is 12.8. The molecule has 0 aromatic heterocycles. The number of aliphatic hydroxyl groups is 1. The third-order valence-electron chi connectivity index (χ3n) is 4.84. The SMILES string of the molecule is CCC(C)C(NC(=O)C(N)CCSC)C(=O)NC(CO)C(=O)NC(CCC(=O)O)C(=O)O. The van der Waals surface area contributed by atoms with Crippen LogP contribution in [-0.2, 0) is 24.0 Å². The topological polar surface area (TPSA) is 208 Å². The van der Waals surface area contributed by atoms with Gasteiger partial charge in [-0.25, -0.2) is 4.79 Å². The summed E-state index contributed by atoms with van der Waals surface area (Å²) in [6.45, 7) is 2.69. The van der Waals surface area contributed by atoms with E-state index in [1.807, 2.05) is 6.26 Å². The Morgan fingerprint density at radius 1 is 0.938 bits per heavy atom. The summed E-state index contributed by atoms with van der Waals surface area (Å²) in [4.78, 5) is 59.4. The first-order valence-corrected chi connectivity index (χ1v) is 11.6. The van der Waals surface area contributed by atoms with Gasteiger partial charge in [-0.3, -0.25) is 19.2 Å². The predicted molar refractivity (Wildman–Crippen MR) is 118 cm³/mol. The van der Waals surface area contributed by atoms with Gasteiger partial charge in [0, 0.05) is 6.42 Å². The molecule has 0 saturated carbocycles. The summed E-state index contributed by atoms with van der Waals surface area (Å²) in [5, 5.41) is 34.4. The summed E-state index contributed by atoms with van der Waals surface area (Å²) < 4.78 is 0. The van der Waals surface area contributed by atoms with Crippen molar-refractivity contribution in [1.82, 2.24) is 16.0 Å². The summed E-state index contributed by atoms with van der Waals surface area (Å²) in [5.41, 5.74) is 5.84. The number of carboxylic acid groups (broad SMARTS) is 2. The fourth-order valence-electron chi connectivity index (χ4n) is 2.59. The molecule has 0 aliphatic carbocycles. The summed E-state index contributed by atoms with van der Waals surface area (Å²) in [5.74, 6) is -4.61. The van der Waals surface area contributed by atoms with Gasteiger partial charge in [0.1, 0.15) is 18.1 Å². The third-order valence-corrected chi connectivity index (χ3v) is 5.48. The number of rotatable bonds is 16. The van der Waals surface area contributed by atoms with E-state index < -0.39 is 66.9 Å². The van der Waals surface area contributed by atoms with Gasteiger partial charge in [0.05, 0.1) is 12.6 Å². The Morgan fingerprint density at radius 2 is 1.53 bits per heavy atom. The molecule has 0 radical (unpaired) electrons. The lowest BCUT2D eigenvalue weighted by atomic mass is 9.97. The smallest absolute Gasteiger partial charge is 0.326 e. The first-order valence-electron chi connectivity index (χ1n) is 10.2. The van der Waals surface area contributed by atoms with Gasteiger partial charge in [0.2, 0.25) is 17.7 Å². The average molecular weight is 479 g/mol. The Morgan fingerprint density at radius 3 is 2.00 bits per heavy atom. The second kappa shape index (κ2) is 15.4. The molecule has 0 rings (SSSR count). The van der Waals surface area contributed by atoms with Crippen LogP contribution in [0.15, 0.2) is 0 Å². The van der Waals surface area contributed by atoms with Crippen LogP contribution in [-0.4, -0.2) is 87.8 Å². The zero-order chi connectivity index (χ0) is 24.8. The average Bonchev–Trinajstić information content (AvgIpc) is 2.75. The van der Waals surface area contributed by atoms with Crippen molar-refractivity contribution in [2.75, 3.05) is 18.6 Å². The van der Waals surface area contributed by atoms with Gasteiger partial charge in [-0.2, -0.15) is 11.8 Å². The van der Waals surface area contributed by atoms with E-state index in [0.717, 1.165) is 0 Å². The Hall–Kier alpha value is -2.38. The van der Waals surface area contributed by atoms with Crippen LogP contribution >= 0.6 is 11.8 Å². The van der Waals surface area contributed by atoms with Crippen molar-refractivity contribution in [2.45, 2.75) is 63.7 Å². The number of nitrogens with one attached hydrogen (secondary N) is 3. The molecule has 0 bridgehead atoms. The van der Waals surface area contributed by atoms with Crippen LogP contribution in [0.25, 0.3) is 0 Å². The first-order chi connectivity index (χ1) is 15.0. The van der Waals surface area contributed by atoms with Crippen molar-refractivity contribution < 1.29 is 39.3 Å². The molecule has 0 aromatic rings. The van der Waals surface area contributed by atoms with Gasteiger partial charge in [-0.15, -0.1) is 0 Å². The van der Waals surface area contributed by atoms with E-state index in [1.165, 1.54) is 11.8 Å². The number of nitrogens with two attached hydrogens (primary N) is 1. The molecule has 0 aliphatic heterocycles. The second-order valence-electron chi connectivity index (χ2n) is 7.34. The number of carbonyl (C=O) groups excluding carboxylic acids is 3. The van der Waals surface area contributed by atoms with Crippen LogP contribution in [0.3, 0.4) is 0 Å². The monoisotopic (exact) mass is 478 g/mol. The second-order valence-corrected chi connectivity index (χ2v) is 8.32. The molecule has 3 amide bonds. The van der Waals surface area contributed by atoms with Crippen LogP contribution in [0.2, 0.25) is 0 Å². The van der Waals surface area contributed by atoms with Crippen molar-refractivity contribution in [2.24, 2.45) is 11.7 Å². The molecule has 0 fully saturated rings. The van der Waals surface area contributed by atoms with Gasteiger partial charge < -0.3 is 37.0 Å². The molecule has 0 aromatic carbocycles. The molecule has 32 heavy (non-hydrogen) atoms. The number of aliphatic hydroxyl groups excluding tert-OH is 1. The molecule has 12 nitrogen and oxygen atoms in total. The fourth-order valence-corrected chi connectivity index (χ4v) is 3.08. The summed E-state index contributed by atoms with van der Waals surface area (Å²) in [7, 11) is 0. The quantitative estimate of drug-likeness (QED) is 0.137. The molecule has 13 heteroatoms. The van der Waals surface area contributed by atoms with E-state index in [4.69, 9.17) is 15.9 Å².